The topological polar surface area (TPSA) is 13.1 Å². The van der Waals surface area contributed by atoms with E-state index in [1.165, 1.54) is 60.3 Å². The van der Waals surface area contributed by atoms with Gasteiger partial charge in [-0.05, 0) is 78.5 Å². The van der Waals surface area contributed by atoms with Gasteiger partial charge in [-0.15, -0.1) is 0 Å². The molecule has 0 amide bonds. The van der Waals surface area contributed by atoms with Gasteiger partial charge in [-0.1, -0.05) is 140 Å². The van der Waals surface area contributed by atoms with Crippen molar-refractivity contribution in [1.29, 1.82) is 0 Å². The van der Waals surface area contributed by atoms with Crippen molar-refractivity contribution >= 4 is 54.3 Å². The van der Waals surface area contributed by atoms with E-state index in [4.69, 9.17) is 4.42 Å². The van der Waals surface area contributed by atoms with Gasteiger partial charge in [-0.25, -0.2) is 0 Å². The summed E-state index contributed by atoms with van der Waals surface area (Å²) in [5.41, 5.74) is 9.20. The van der Waals surface area contributed by atoms with Crippen LogP contribution < -0.4 is 0 Å². The summed E-state index contributed by atoms with van der Waals surface area (Å²) in [7, 11) is 0. The highest BCUT2D eigenvalue weighted by molar-refractivity contribution is 6.27. The normalized spacial score (nSPS) is 11.7. The van der Waals surface area contributed by atoms with Crippen LogP contribution in [0.1, 0.15) is 0 Å². The Hall–Kier alpha value is -5.66. The minimum atomic E-state index is 0.910. The Balaban J connectivity index is 1.47. The second-order valence-electron chi connectivity index (χ2n) is 11.2. The van der Waals surface area contributed by atoms with Crippen molar-refractivity contribution in [2.75, 3.05) is 0 Å². The molecule has 200 valence electrons. The summed E-state index contributed by atoms with van der Waals surface area (Å²) < 4.78 is 6.64. The van der Waals surface area contributed by atoms with Crippen LogP contribution in [0.5, 0.6) is 0 Å². The molecule has 0 saturated carbocycles. The first-order valence-electron chi connectivity index (χ1n) is 14.8. The van der Waals surface area contributed by atoms with Gasteiger partial charge in [0.1, 0.15) is 11.2 Å². The van der Waals surface area contributed by atoms with Crippen molar-refractivity contribution in [3.05, 3.63) is 158 Å². The lowest BCUT2D eigenvalue weighted by molar-refractivity contribution is 0.673. The van der Waals surface area contributed by atoms with E-state index >= 15 is 0 Å². The molecule has 1 heteroatoms. The predicted molar refractivity (Wildman–Crippen MR) is 183 cm³/mol. The van der Waals surface area contributed by atoms with Gasteiger partial charge in [0.15, 0.2) is 0 Å². The van der Waals surface area contributed by atoms with Crippen LogP contribution >= 0.6 is 0 Å². The molecule has 0 aliphatic carbocycles. The molecular formula is C42H26O. The Morgan fingerprint density at radius 1 is 0.349 bits per heavy atom. The Kier molecular flexibility index (Phi) is 5.27. The molecule has 0 bridgehead atoms. The molecule has 43 heavy (non-hydrogen) atoms. The molecule has 0 unspecified atom stereocenters. The lowest BCUT2D eigenvalue weighted by Gasteiger charge is -2.19. The van der Waals surface area contributed by atoms with Gasteiger partial charge >= 0.3 is 0 Å². The average Bonchev–Trinajstić information content (AvgIpc) is 3.47. The second-order valence-corrected chi connectivity index (χ2v) is 11.2. The van der Waals surface area contributed by atoms with Crippen LogP contribution in [0.25, 0.3) is 87.6 Å². The second kappa shape index (κ2) is 9.44. The molecule has 8 aromatic carbocycles. The molecular weight excluding hydrogens is 520 g/mol. The zero-order chi connectivity index (χ0) is 28.3. The zero-order valence-corrected chi connectivity index (χ0v) is 23.4. The highest BCUT2D eigenvalue weighted by atomic mass is 16.3. The Morgan fingerprint density at radius 2 is 0.977 bits per heavy atom. The summed E-state index contributed by atoms with van der Waals surface area (Å²) in [5.74, 6) is 0. The minimum absolute atomic E-state index is 0.910. The number of benzene rings is 8. The monoisotopic (exact) mass is 546 g/mol. The van der Waals surface area contributed by atoms with E-state index in [9.17, 15) is 0 Å². The lowest BCUT2D eigenvalue weighted by atomic mass is 9.84. The highest BCUT2D eigenvalue weighted by Crippen LogP contribution is 2.48. The molecule has 0 N–H and O–H groups in total. The van der Waals surface area contributed by atoms with Crippen LogP contribution in [0.3, 0.4) is 0 Å². The molecule has 1 nitrogen and oxygen atoms in total. The molecule has 0 saturated heterocycles. The summed E-state index contributed by atoms with van der Waals surface area (Å²) in [6.07, 6.45) is 0. The summed E-state index contributed by atoms with van der Waals surface area (Å²) in [6, 6.07) is 56.7. The smallest absolute Gasteiger partial charge is 0.143 e. The predicted octanol–water partition coefficient (Wildman–Crippen LogP) is 12.0. The van der Waals surface area contributed by atoms with Crippen molar-refractivity contribution in [3.63, 3.8) is 0 Å². The Bertz CT molecular complexity index is 2480. The number of hydrogen-bond donors (Lipinski definition) is 0. The van der Waals surface area contributed by atoms with Gasteiger partial charge in [0.2, 0.25) is 0 Å². The first-order valence-corrected chi connectivity index (χ1v) is 14.8. The number of fused-ring (bicyclic) bond motifs is 7. The van der Waals surface area contributed by atoms with E-state index in [2.05, 4.69) is 158 Å². The maximum absolute atomic E-state index is 6.64. The quantitative estimate of drug-likeness (QED) is 0.201. The van der Waals surface area contributed by atoms with E-state index in [1.54, 1.807) is 0 Å². The van der Waals surface area contributed by atoms with Crippen molar-refractivity contribution in [2.24, 2.45) is 0 Å². The molecule has 9 aromatic rings. The van der Waals surface area contributed by atoms with Crippen LogP contribution in [0, 0.1) is 0 Å². The van der Waals surface area contributed by atoms with E-state index < -0.39 is 0 Å². The Labute approximate surface area is 249 Å². The molecule has 1 aromatic heterocycles. The van der Waals surface area contributed by atoms with Gasteiger partial charge in [0, 0.05) is 16.2 Å². The minimum Gasteiger partial charge on any atom is -0.455 e. The van der Waals surface area contributed by atoms with Crippen molar-refractivity contribution in [2.45, 2.75) is 0 Å². The summed E-state index contributed by atoms with van der Waals surface area (Å²) >= 11 is 0. The molecule has 0 aliphatic heterocycles. The van der Waals surface area contributed by atoms with Crippen LogP contribution in [-0.2, 0) is 0 Å². The van der Waals surface area contributed by atoms with Crippen LogP contribution in [0.15, 0.2) is 162 Å². The third-order valence-corrected chi connectivity index (χ3v) is 8.85. The maximum Gasteiger partial charge on any atom is 0.143 e. The van der Waals surface area contributed by atoms with Gasteiger partial charge in [0.25, 0.3) is 0 Å². The van der Waals surface area contributed by atoms with E-state index in [0.717, 1.165) is 27.3 Å². The lowest BCUT2D eigenvalue weighted by Crippen LogP contribution is -1.92. The first kappa shape index (κ1) is 24.0. The van der Waals surface area contributed by atoms with Crippen LogP contribution in [0.2, 0.25) is 0 Å². The zero-order valence-electron chi connectivity index (χ0n) is 23.4. The third kappa shape index (κ3) is 3.65. The summed E-state index contributed by atoms with van der Waals surface area (Å²) in [5, 5.41) is 9.60. The van der Waals surface area contributed by atoms with Crippen molar-refractivity contribution in [1.82, 2.24) is 0 Å². The fourth-order valence-corrected chi connectivity index (χ4v) is 6.96. The van der Waals surface area contributed by atoms with Crippen LogP contribution in [-0.4, -0.2) is 0 Å². The molecule has 0 aliphatic rings. The van der Waals surface area contributed by atoms with Gasteiger partial charge in [-0.3, -0.25) is 0 Å². The maximum atomic E-state index is 6.64. The third-order valence-electron chi connectivity index (χ3n) is 8.85. The van der Waals surface area contributed by atoms with E-state index in [-0.39, 0.29) is 0 Å². The number of rotatable bonds is 3. The van der Waals surface area contributed by atoms with Crippen molar-refractivity contribution < 1.29 is 4.42 Å². The van der Waals surface area contributed by atoms with Crippen LogP contribution in [0.4, 0.5) is 0 Å². The highest BCUT2D eigenvalue weighted by Gasteiger charge is 2.21. The van der Waals surface area contributed by atoms with E-state index in [1.807, 2.05) is 0 Å². The molecule has 0 spiro atoms. The summed E-state index contributed by atoms with van der Waals surface area (Å²) in [6.45, 7) is 0. The Morgan fingerprint density at radius 3 is 1.77 bits per heavy atom. The molecule has 9 rings (SSSR count). The molecule has 1 heterocycles. The van der Waals surface area contributed by atoms with Gasteiger partial charge in [0.05, 0.1) is 0 Å². The average molecular weight is 547 g/mol. The molecule has 0 radical (unpaired) electrons. The molecule has 0 atom stereocenters. The number of furan rings is 1. The molecule has 0 fully saturated rings. The first-order chi connectivity index (χ1) is 21.3. The standard InChI is InChI=1S/C42H26O/c1-3-12-27(13-4-1)30-23-24-34-37(26-30)40(33-19-10-9-18-32(33)39(34)29-15-5-2-6-16-29)35-20-11-21-38-41(35)36-25-22-28-14-7-8-17-31(28)42(36)43-38/h1-26H. The van der Waals surface area contributed by atoms with Gasteiger partial charge < -0.3 is 4.42 Å². The largest absolute Gasteiger partial charge is 0.455 e. The number of hydrogen-bond acceptors (Lipinski definition) is 1. The van der Waals surface area contributed by atoms with E-state index in [0.29, 0.717) is 0 Å². The van der Waals surface area contributed by atoms with Crippen molar-refractivity contribution in [3.8, 4) is 33.4 Å². The summed E-state index contributed by atoms with van der Waals surface area (Å²) in [4.78, 5) is 0. The SMILES string of the molecule is c1ccc(-c2ccc3c(-c4ccccc4)c4ccccc4c(-c4cccc5oc6c7ccccc7ccc6c45)c3c2)cc1. The fraction of sp³-hybridized carbons (Fsp3) is 0. The van der Waals surface area contributed by atoms with Gasteiger partial charge in [-0.2, -0.15) is 0 Å². The fourth-order valence-electron chi connectivity index (χ4n) is 6.96.